The van der Waals surface area contributed by atoms with Crippen molar-refractivity contribution in [3.05, 3.63) is 11.3 Å². The van der Waals surface area contributed by atoms with Gasteiger partial charge in [0.25, 0.3) is 0 Å². The van der Waals surface area contributed by atoms with Crippen molar-refractivity contribution in [1.82, 2.24) is 5.32 Å². The van der Waals surface area contributed by atoms with Gasteiger partial charge in [-0.1, -0.05) is 13.8 Å². The average molecular weight is 169 g/mol. The zero-order valence-corrected chi connectivity index (χ0v) is 8.20. The van der Waals surface area contributed by atoms with Crippen LogP contribution in [0.4, 0.5) is 0 Å². The lowest BCUT2D eigenvalue weighted by atomic mass is 10.0. The monoisotopic (exact) mass is 169 g/mol. The fourth-order valence-electron chi connectivity index (χ4n) is 1.06. The minimum atomic E-state index is 0.693. The Hall–Kier alpha value is -0.830. The molecule has 1 heterocycles. The first-order chi connectivity index (χ1) is 5.72. The molecule has 3 nitrogen and oxygen atoms in total. The molecule has 1 aliphatic heterocycles. The number of allylic oxidation sites excluding steroid dienone is 1. The molecule has 1 fully saturated rings. The van der Waals surface area contributed by atoms with Gasteiger partial charge in [-0.15, -0.1) is 0 Å². The lowest BCUT2D eigenvalue weighted by Gasteiger charge is -2.17. The highest BCUT2D eigenvalue weighted by Crippen LogP contribution is 2.06. The molecule has 0 unspecified atom stereocenters. The molecule has 1 rings (SSSR count). The van der Waals surface area contributed by atoms with E-state index in [0.717, 1.165) is 30.8 Å². The second kappa shape index (κ2) is 5.77. The first-order valence-corrected chi connectivity index (χ1v) is 4.45. The Morgan fingerprint density at radius 2 is 2.08 bits per heavy atom. The van der Waals surface area contributed by atoms with Gasteiger partial charge in [0.15, 0.2) is 0 Å². The fraction of sp³-hybridized carbons (Fsp3) is 0.667. The second-order valence-electron chi connectivity index (χ2n) is 2.57. The van der Waals surface area contributed by atoms with Crippen molar-refractivity contribution in [3.63, 3.8) is 0 Å². The normalized spacial score (nSPS) is 21.1. The van der Waals surface area contributed by atoms with Gasteiger partial charge in [0.1, 0.15) is 0 Å². The summed E-state index contributed by atoms with van der Waals surface area (Å²) in [5, 5.41) is 10.7. The maximum atomic E-state index is 7.50. The minimum absolute atomic E-state index is 0.693. The molecule has 0 bridgehead atoms. The van der Waals surface area contributed by atoms with Crippen molar-refractivity contribution in [1.29, 1.82) is 5.41 Å². The summed E-state index contributed by atoms with van der Waals surface area (Å²) in [6.45, 7) is 7.52. The van der Waals surface area contributed by atoms with Gasteiger partial charge in [0.2, 0.25) is 0 Å². The van der Waals surface area contributed by atoms with E-state index in [9.17, 15) is 0 Å². The van der Waals surface area contributed by atoms with Gasteiger partial charge in [-0.25, -0.2) is 0 Å². The van der Waals surface area contributed by atoms with Crippen LogP contribution in [0, 0.1) is 5.41 Å². The Bertz CT molecular complexity index is 178. The Morgan fingerprint density at radius 3 is 2.42 bits per heavy atom. The van der Waals surface area contributed by atoms with Crippen molar-refractivity contribution in [2.45, 2.75) is 27.2 Å². The quantitative estimate of drug-likeness (QED) is 0.511. The molecule has 0 aromatic carbocycles. The minimum Gasteiger partial charge on any atom is -0.402 e. The summed E-state index contributed by atoms with van der Waals surface area (Å²) < 4.78 is 0. The van der Waals surface area contributed by atoms with E-state index in [4.69, 9.17) is 11.1 Å². The molecule has 1 saturated heterocycles. The van der Waals surface area contributed by atoms with E-state index in [1.807, 2.05) is 20.8 Å². The molecule has 0 atom stereocenters. The molecule has 0 radical (unpaired) electrons. The summed E-state index contributed by atoms with van der Waals surface area (Å²) >= 11 is 0. The van der Waals surface area contributed by atoms with Gasteiger partial charge in [-0.2, -0.15) is 0 Å². The molecular weight excluding hydrogens is 150 g/mol. The van der Waals surface area contributed by atoms with Crippen LogP contribution in [0.3, 0.4) is 0 Å². The van der Waals surface area contributed by atoms with Gasteiger partial charge in [-0.05, 0) is 6.92 Å². The van der Waals surface area contributed by atoms with Crippen LogP contribution in [0.1, 0.15) is 27.2 Å². The van der Waals surface area contributed by atoms with Gasteiger partial charge >= 0.3 is 0 Å². The van der Waals surface area contributed by atoms with Crippen LogP contribution >= 0.6 is 0 Å². The Labute approximate surface area is 74.5 Å². The van der Waals surface area contributed by atoms with E-state index < -0.39 is 0 Å². The van der Waals surface area contributed by atoms with Crippen LogP contribution in [-0.4, -0.2) is 18.8 Å². The zero-order chi connectivity index (χ0) is 9.56. The van der Waals surface area contributed by atoms with Crippen LogP contribution in [-0.2, 0) is 0 Å². The SMILES string of the molecule is C/C(N)=C1\CNCCC1=N.CC. The van der Waals surface area contributed by atoms with Crippen molar-refractivity contribution in [3.8, 4) is 0 Å². The maximum absolute atomic E-state index is 7.50. The fourth-order valence-corrected chi connectivity index (χ4v) is 1.06. The summed E-state index contributed by atoms with van der Waals surface area (Å²) in [5.41, 5.74) is 8.00. The van der Waals surface area contributed by atoms with E-state index in [0.29, 0.717) is 5.71 Å². The first-order valence-electron chi connectivity index (χ1n) is 4.45. The van der Waals surface area contributed by atoms with Crippen LogP contribution in [0.25, 0.3) is 0 Å². The Morgan fingerprint density at radius 1 is 1.50 bits per heavy atom. The molecule has 70 valence electrons. The molecule has 3 heteroatoms. The summed E-state index contributed by atoms with van der Waals surface area (Å²) in [5.74, 6) is 0. The van der Waals surface area contributed by atoms with E-state index in [1.54, 1.807) is 0 Å². The highest BCUT2D eigenvalue weighted by Gasteiger charge is 2.11. The van der Waals surface area contributed by atoms with E-state index in [1.165, 1.54) is 0 Å². The summed E-state index contributed by atoms with van der Waals surface area (Å²) in [6, 6.07) is 0. The second-order valence-corrected chi connectivity index (χ2v) is 2.57. The number of piperidine rings is 1. The number of hydrogen-bond donors (Lipinski definition) is 3. The highest BCUT2D eigenvalue weighted by molar-refractivity contribution is 5.99. The molecule has 1 aliphatic rings. The van der Waals surface area contributed by atoms with Gasteiger partial charge in [-0.3, -0.25) is 0 Å². The number of hydrogen-bond acceptors (Lipinski definition) is 3. The maximum Gasteiger partial charge on any atom is 0.0388 e. The lowest BCUT2D eigenvalue weighted by Crippen LogP contribution is -2.31. The van der Waals surface area contributed by atoms with Crippen LogP contribution in [0.2, 0.25) is 0 Å². The Kier molecular flexibility index (Phi) is 5.37. The summed E-state index contributed by atoms with van der Waals surface area (Å²) in [4.78, 5) is 0. The van der Waals surface area contributed by atoms with Gasteiger partial charge in [0.05, 0.1) is 0 Å². The van der Waals surface area contributed by atoms with Crippen LogP contribution < -0.4 is 11.1 Å². The van der Waals surface area contributed by atoms with Crippen molar-refractivity contribution in [2.24, 2.45) is 5.73 Å². The van der Waals surface area contributed by atoms with E-state index in [-0.39, 0.29) is 0 Å². The van der Waals surface area contributed by atoms with Gasteiger partial charge in [0, 0.05) is 36.5 Å². The zero-order valence-electron chi connectivity index (χ0n) is 8.20. The molecule has 0 amide bonds. The van der Waals surface area contributed by atoms with E-state index >= 15 is 0 Å². The predicted octanol–water partition coefficient (Wildman–Crippen LogP) is 1.26. The molecule has 0 spiro atoms. The third-order valence-electron chi connectivity index (χ3n) is 1.69. The number of nitrogens with one attached hydrogen (secondary N) is 2. The van der Waals surface area contributed by atoms with Crippen molar-refractivity contribution >= 4 is 5.71 Å². The largest absolute Gasteiger partial charge is 0.402 e. The first kappa shape index (κ1) is 11.2. The molecule has 12 heavy (non-hydrogen) atoms. The number of rotatable bonds is 0. The van der Waals surface area contributed by atoms with Gasteiger partial charge < -0.3 is 16.5 Å². The summed E-state index contributed by atoms with van der Waals surface area (Å²) in [6.07, 6.45) is 0.809. The average Bonchev–Trinajstić information content (AvgIpc) is 2.08. The lowest BCUT2D eigenvalue weighted by molar-refractivity contribution is 0.722. The standard InChI is InChI=1S/C7H13N3.C2H6/c1-5(8)6-4-10-3-2-7(6)9;1-2/h9-10H,2-4,8H2,1H3;1-2H3/b6-5-,9-7?;. The molecule has 0 saturated carbocycles. The molecule has 0 aromatic rings. The topological polar surface area (TPSA) is 61.9 Å². The number of nitrogens with two attached hydrogens (primary N) is 1. The van der Waals surface area contributed by atoms with Crippen LogP contribution in [0.15, 0.2) is 11.3 Å². The van der Waals surface area contributed by atoms with Crippen molar-refractivity contribution in [2.75, 3.05) is 13.1 Å². The summed E-state index contributed by atoms with van der Waals surface area (Å²) in [7, 11) is 0. The molecule has 4 N–H and O–H groups in total. The molecule has 0 aromatic heterocycles. The predicted molar refractivity (Wildman–Crippen MR) is 53.4 cm³/mol. The molecular formula is C9H19N3. The van der Waals surface area contributed by atoms with Crippen LogP contribution in [0.5, 0.6) is 0 Å². The smallest absolute Gasteiger partial charge is 0.0388 e. The third-order valence-corrected chi connectivity index (χ3v) is 1.69. The molecule has 0 aliphatic carbocycles. The van der Waals surface area contributed by atoms with Crippen molar-refractivity contribution < 1.29 is 0 Å². The third kappa shape index (κ3) is 3.05. The van der Waals surface area contributed by atoms with E-state index in [2.05, 4.69) is 5.32 Å². The highest BCUT2D eigenvalue weighted by atomic mass is 14.9. The Balaban J connectivity index is 0.000000561.